The summed E-state index contributed by atoms with van der Waals surface area (Å²) in [6, 6.07) is 0. The van der Waals surface area contributed by atoms with Gasteiger partial charge in [-0.3, -0.25) is 4.79 Å². The van der Waals surface area contributed by atoms with Crippen LogP contribution in [0.4, 0.5) is 8.78 Å². The van der Waals surface area contributed by atoms with Crippen molar-refractivity contribution in [2.24, 2.45) is 0 Å². The molecule has 2 heterocycles. The number of carbonyl (C=O) groups excluding carboxylic acids is 1. The van der Waals surface area contributed by atoms with Crippen molar-refractivity contribution in [1.29, 1.82) is 0 Å². The third-order valence-corrected chi connectivity index (χ3v) is 3.76. The lowest BCUT2D eigenvalue weighted by atomic mass is 10.1. The van der Waals surface area contributed by atoms with E-state index < -0.39 is 6.55 Å². The van der Waals surface area contributed by atoms with Gasteiger partial charge in [-0.1, -0.05) is 0 Å². The molecule has 0 saturated carbocycles. The highest BCUT2D eigenvalue weighted by atomic mass is 19.3. The Morgan fingerprint density at radius 3 is 2.38 bits per heavy atom. The molecule has 118 valence electrons. The van der Waals surface area contributed by atoms with E-state index in [0.717, 1.165) is 0 Å². The van der Waals surface area contributed by atoms with Gasteiger partial charge in [0.1, 0.15) is 0 Å². The summed E-state index contributed by atoms with van der Waals surface area (Å²) >= 11 is 0. The molecule has 1 saturated heterocycles. The molecule has 0 aromatic carbocycles. The molecule has 2 atom stereocenters. The molecule has 0 spiro atoms. The van der Waals surface area contributed by atoms with Crippen LogP contribution in [0.3, 0.4) is 0 Å². The van der Waals surface area contributed by atoms with Crippen LogP contribution in [-0.4, -0.2) is 45.9 Å². The van der Waals surface area contributed by atoms with Crippen LogP contribution in [-0.2, 0) is 16.0 Å². The summed E-state index contributed by atoms with van der Waals surface area (Å²) in [7, 11) is 0. The predicted octanol–water partition coefficient (Wildman–Crippen LogP) is 2.07. The number of morpholine rings is 1. The summed E-state index contributed by atoms with van der Waals surface area (Å²) in [4.78, 5) is 14.1. The third kappa shape index (κ3) is 3.40. The Morgan fingerprint density at radius 1 is 1.33 bits per heavy atom. The van der Waals surface area contributed by atoms with Crippen molar-refractivity contribution in [2.45, 2.75) is 52.9 Å². The van der Waals surface area contributed by atoms with E-state index in [-0.39, 0.29) is 24.5 Å². The lowest BCUT2D eigenvalue weighted by Gasteiger charge is -2.35. The van der Waals surface area contributed by atoms with Gasteiger partial charge in [-0.25, -0.2) is 4.68 Å². The van der Waals surface area contributed by atoms with Gasteiger partial charge in [-0.15, -0.1) is 0 Å². The number of hydrogen-bond donors (Lipinski definition) is 0. The van der Waals surface area contributed by atoms with Crippen molar-refractivity contribution in [3.05, 3.63) is 17.0 Å². The first-order chi connectivity index (χ1) is 9.79. The Balaban J connectivity index is 2.13. The van der Waals surface area contributed by atoms with E-state index in [2.05, 4.69) is 5.10 Å². The zero-order chi connectivity index (χ0) is 15.7. The molecule has 1 aromatic rings. The van der Waals surface area contributed by atoms with Crippen molar-refractivity contribution in [3.63, 3.8) is 0 Å². The molecule has 2 rings (SSSR count). The zero-order valence-electron chi connectivity index (χ0n) is 12.8. The second kappa shape index (κ2) is 6.09. The molecule has 0 bridgehead atoms. The van der Waals surface area contributed by atoms with Gasteiger partial charge in [0, 0.05) is 24.3 Å². The zero-order valence-corrected chi connectivity index (χ0v) is 12.8. The molecule has 1 aromatic heterocycles. The average molecular weight is 301 g/mol. The van der Waals surface area contributed by atoms with E-state index in [0.29, 0.717) is 34.7 Å². The molecule has 0 unspecified atom stereocenters. The number of hydrogen-bond acceptors (Lipinski definition) is 3. The molecule has 21 heavy (non-hydrogen) atoms. The van der Waals surface area contributed by atoms with E-state index in [1.807, 2.05) is 13.8 Å². The number of aryl methyl sites for hydroxylation is 1. The minimum Gasteiger partial charge on any atom is -0.372 e. The van der Waals surface area contributed by atoms with Gasteiger partial charge in [0.2, 0.25) is 5.91 Å². The molecule has 1 aliphatic heterocycles. The highest BCUT2D eigenvalue weighted by Crippen LogP contribution is 2.21. The third-order valence-electron chi connectivity index (χ3n) is 3.76. The highest BCUT2D eigenvalue weighted by Gasteiger charge is 2.27. The van der Waals surface area contributed by atoms with Gasteiger partial charge in [-0.05, 0) is 27.7 Å². The second-order valence-electron chi connectivity index (χ2n) is 5.60. The summed E-state index contributed by atoms with van der Waals surface area (Å²) in [6.07, 6.45) is 0.0801. The van der Waals surface area contributed by atoms with E-state index in [1.165, 1.54) is 0 Å². The van der Waals surface area contributed by atoms with Crippen LogP contribution in [0.5, 0.6) is 0 Å². The monoisotopic (exact) mass is 301 g/mol. The van der Waals surface area contributed by atoms with Gasteiger partial charge in [0.25, 0.3) is 0 Å². The molecular weight excluding hydrogens is 280 g/mol. The Morgan fingerprint density at radius 2 is 1.90 bits per heavy atom. The normalized spacial score (nSPS) is 22.9. The number of amides is 1. The lowest BCUT2D eigenvalue weighted by molar-refractivity contribution is -0.142. The van der Waals surface area contributed by atoms with Crippen molar-refractivity contribution in [3.8, 4) is 0 Å². The number of aromatic nitrogens is 2. The van der Waals surface area contributed by atoms with Gasteiger partial charge in [-0.2, -0.15) is 13.9 Å². The minimum atomic E-state index is -2.68. The van der Waals surface area contributed by atoms with Crippen LogP contribution in [0.25, 0.3) is 0 Å². The van der Waals surface area contributed by atoms with E-state index in [9.17, 15) is 13.6 Å². The Kier molecular flexibility index (Phi) is 4.61. The minimum absolute atomic E-state index is 0.0105. The van der Waals surface area contributed by atoms with Crippen LogP contribution < -0.4 is 0 Å². The molecule has 0 N–H and O–H groups in total. The highest BCUT2D eigenvalue weighted by molar-refractivity contribution is 5.79. The second-order valence-corrected chi connectivity index (χ2v) is 5.60. The summed E-state index contributed by atoms with van der Waals surface area (Å²) in [5.74, 6) is -0.0722. The molecule has 1 aliphatic rings. The standard InChI is InChI=1S/C14H21F2N3O2/c1-8-6-18(7-9(2)21-8)13(20)5-12-10(3)17-19(11(12)4)14(15)16/h8-9,14H,5-7H2,1-4H3/t8-,9-/m0/s1. The summed E-state index contributed by atoms with van der Waals surface area (Å²) in [5.41, 5.74) is 1.42. The number of ether oxygens (including phenoxy) is 1. The van der Waals surface area contributed by atoms with Gasteiger partial charge in [0.15, 0.2) is 0 Å². The smallest absolute Gasteiger partial charge is 0.333 e. The first-order valence-electron chi connectivity index (χ1n) is 7.05. The van der Waals surface area contributed by atoms with E-state index in [4.69, 9.17) is 4.74 Å². The quantitative estimate of drug-likeness (QED) is 0.858. The molecule has 0 radical (unpaired) electrons. The maximum absolute atomic E-state index is 12.8. The summed E-state index contributed by atoms with van der Waals surface area (Å²) < 4.78 is 31.9. The van der Waals surface area contributed by atoms with E-state index >= 15 is 0 Å². The Bertz CT molecular complexity index is 521. The fourth-order valence-corrected chi connectivity index (χ4v) is 2.79. The molecule has 5 nitrogen and oxygen atoms in total. The van der Waals surface area contributed by atoms with Crippen LogP contribution in [0, 0.1) is 13.8 Å². The number of halogens is 2. The SMILES string of the molecule is Cc1nn(C(F)F)c(C)c1CC(=O)N1C[C@H](C)O[C@@H](C)C1. The molecular formula is C14H21F2N3O2. The fourth-order valence-electron chi connectivity index (χ4n) is 2.79. The predicted molar refractivity (Wildman–Crippen MR) is 73.2 cm³/mol. The molecule has 0 aliphatic carbocycles. The largest absolute Gasteiger partial charge is 0.372 e. The molecule has 1 fully saturated rings. The number of rotatable bonds is 3. The van der Waals surface area contributed by atoms with Crippen LogP contribution in [0.15, 0.2) is 0 Å². The van der Waals surface area contributed by atoms with Crippen molar-refractivity contribution in [2.75, 3.05) is 13.1 Å². The van der Waals surface area contributed by atoms with Gasteiger partial charge < -0.3 is 9.64 Å². The van der Waals surface area contributed by atoms with Crippen molar-refractivity contribution >= 4 is 5.91 Å². The van der Waals surface area contributed by atoms with Crippen LogP contribution in [0.2, 0.25) is 0 Å². The maximum Gasteiger partial charge on any atom is 0.333 e. The topological polar surface area (TPSA) is 47.4 Å². The van der Waals surface area contributed by atoms with Crippen LogP contribution >= 0.6 is 0 Å². The first kappa shape index (κ1) is 15.9. The average Bonchev–Trinajstić information content (AvgIpc) is 2.65. The first-order valence-corrected chi connectivity index (χ1v) is 7.05. The van der Waals surface area contributed by atoms with E-state index in [1.54, 1.807) is 18.7 Å². The lowest BCUT2D eigenvalue weighted by Crippen LogP contribution is -2.48. The van der Waals surface area contributed by atoms with Gasteiger partial charge in [0.05, 0.1) is 24.3 Å². The summed E-state index contributed by atoms with van der Waals surface area (Å²) in [5, 5.41) is 3.81. The van der Waals surface area contributed by atoms with Crippen molar-refractivity contribution < 1.29 is 18.3 Å². The van der Waals surface area contributed by atoms with Crippen molar-refractivity contribution in [1.82, 2.24) is 14.7 Å². The fraction of sp³-hybridized carbons (Fsp3) is 0.714. The number of alkyl halides is 2. The summed E-state index contributed by atoms with van der Waals surface area (Å²) in [6.45, 7) is 5.44. The molecule has 7 heteroatoms. The Labute approximate surface area is 122 Å². The van der Waals surface area contributed by atoms with Gasteiger partial charge >= 0.3 is 6.55 Å². The van der Waals surface area contributed by atoms with Crippen LogP contribution in [0.1, 0.15) is 37.3 Å². The maximum atomic E-state index is 12.8. The molecule has 1 amide bonds. The Hall–Kier alpha value is -1.50. The number of carbonyl (C=O) groups is 1. The number of nitrogens with zero attached hydrogens (tertiary/aromatic N) is 3.